The van der Waals surface area contributed by atoms with Crippen LogP contribution in [0.15, 0.2) is 54.7 Å². The zero-order valence-corrected chi connectivity index (χ0v) is 14.4. The van der Waals surface area contributed by atoms with Gasteiger partial charge in [-0.1, -0.05) is 12.1 Å². The van der Waals surface area contributed by atoms with E-state index < -0.39 is 5.82 Å². The summed E-state index contributed by atoms with van der Waals surface area (Å²) in [5.74, 6) is 0.0495. The number of hydrogen-bond donors (Lipinski definition) is 1. The van der Waals surface area contributed by atoms with Crippen molar-refractivity contribution in [3.63, 3.8) is 0 Å². The largest absolute Gasteiger partial charge is 0.497 e. The second-order valence-electron chi connectivity index (χ2n) is 5.58. The molecule has 0 atom stereocenters. The van der Waals surface area contributed by atoms with Gasteiger partial charge in [0.2, 0.25) is 0 Å². The van der Waals surface area contributed by atoms with Gasteiger partial charge in [0.15, 0.2) is 24.0 Å². The van der Waals surface area contributed by atoms with Gasteiger partial charge >= 0.3 is 0 Å². The van der Waals surface area contributed by atoms with Crippen LogP contribution < -0.4 is 14.8 Å². The molecule has 0 saturated carbocycles. The van der Waals surface area contributed by atoms with Gasteiger partial charge in [-0.2, -0.15) is 5.10 Å². The van der Waals surface area contributed by atoms with Gasteiger partial charge in [-0.15, -0.1) is 0 Å². The molecule has 1 aromatic heterocycles. The van der Waals surface area contributed by atoms with Gasteiger partial charge in [-0.25, -0.2) is 9.07 Å². The molecule has 26 heavy (non-hydrogen) atoms. The van der Waals surface area contributed by atoms with E-state index in [0.717, 1.165) is 11.3 Å². The molecular formula is C19H18FN3O3. The number of carbonyl (C=O) groups is 1. The Morgan fingerprint density at radius 3 is 2.77 bits per heavy atom. The molecule has 134 valence electrons. The fourth-order valence-electron chi connectivity index (χ4n) is 2.34. The molecule has 0 fully saturated rings. The van der Waals surface area contributed by atoms with Crippen LogP contribution in [0.2, 0.25) is 0 Å². The highest BCUT2D eigenvalue weighted by atomic mass is 19.1. The van der Waals surface area contributed by atoms with Crippen LogP contribution in [0.25, 0.3) is 0 Å². The third kappa shape index (κ3) is 4.00. The monoisotopic (exact) mass is 355 g/mol. The lowest BCUT2D eigenvalue weighted by molar-refractivity contribution is 0.102. The highest BCUT2D eigenvalue weighted by molar-refractivity contribution is 6.03. The summed E-state index contributed by atoms with van der Waals surface area (Å²) in [4.78, 5) is 12.3. The summed E-state index contributed by atoms with van der Waals surface area (Å²) >= 11 is 0. The first kappa shape index (κ1) is 17.5. The van der Waals surface area contributed by atoms with Crippen LogP contribution in [0.3, 0.4) is 0 Å². The number of rotatable bonds is 6. The fourth-order valence-corrected chi connectivity index (χ4v) is 2.34. The van der Waals surface area contributed by atoms with Gasteiger partial charge < -0.3 is 14.8 Å². The van der Waals surface area contributed by atoms with E-state index in [-0.39, 0.29) is 24.1 Å². The lowest BCUT2D eigenvalue weighted by atomic mass is 10.2. The second-order valence-corrected chi connectivity index (χ2v) is 5.58. The summed E-state index contributed by atoms with van der Waals surface area (Å²) in [6.45, 7) is 1.87. The van der Waals surface area contributed by atoms with Crippen LogP contribution in [0.5, 0.6) is 11.5 Å². The average Bonchev–Trinajstić information content (AvgIpc) is 3.12. The number of amides is 1. The lowest BCUT2D eigenvalue weighted by Crippen LogP contribution is -2.15. The average molecular weight is 355 g/mol. The normalized spacial score (nSPS) is 10.4. The summed E-state index contributed by atoms with van der Waals surface area (Å²) in [6, 6.07) is 13.0. The first-order chi connectivity index (χ1) is 12.6. The second kappa shape index (κ2) is 7.69. The number of aryl methyl sites for hydroxylation is 1. The number of nitrogens with zero attached hydrogens (tertiary/aromatic N) is 2. The molecule has 1 N–H and O–H groups in total. The molecule has 0 unspecified atom stereocenters. The molecule has 0 aliphatic heterocycles. The van der Waals surface area contributed by atoms with E-state index in [9.17, 15) is 9.18 Å². The number of para-hydroxylation sites is 1. The summed E-state index contributed by atoms with van der Waals surface area (Å²) in [5.41, 5.74) is 1.78. The summed E-state index contributed by atoms with van der Waals surface area (Å²) < 4.78 is 25.5. The maximum atomic E-state index is 13.5. The molecule has 3 aromatic rings. The smallest absolute Gasteiger partial charge is 0.276 e. The molecule has 0 spiro atoms. The van der Waals surface area contributed by atoms with Crippen molar-refractivity contribution in [3.05, 3.63) is 71.8 Å². The Morgan fingerprint density at radius 2 is 2.04 bits per heavy atom. The van der Waals surface area contributed by atoms with Gasteiger partial charge in [0.05, 0.1) is 7.11 Å². The van der Waals surface area contributed by atoms with Crippen LogP contribution in [-0.2, 0) is 6.73 Å². The molecular weight excluding hydrogens is 337 g/mol. The molecule has 1 heterocycles. The summed E-state index contributed by atoms with van der Waals surface area (Å²) in [5, 5.41) is 6.95. The molecule has 1 amide bonds. The van der Waals surface area contributed by atoms with E-state index in [2.05, 4.69) is 10.4 Å². The third-order valence-corrected chi connectivity index (χ3v) is 3.74. The number of benzene rings is 2. The third-order valence-electron chi connectivity index (χ3n) is 3.74. The molecule has 0 radical (unpaired) electrons. The molecule has 2 aromatic carbocycles. The maximum Gasteiger partial charge on any atom is 0.276 e. The number of halogens is 1. The number of methoxy groups -OCH3 is 1. The summed E-state index contributed by atoms with van der Waals surface area (Å²) in [7, 11) is 1.59. The SMILES string of the molecule is COc1ccc(NC(=O)c2ccn(COc3ccccc3F)n2)c(C)c1. The Bertz CT molecular complexity index is 924. The minimum Gasteiger partial charge on any atom is -0.497 e. The van der Waals surface area contributed by atoms with E-state index in [1.165, 1.54) is 16.8 Å². The van der Waals surface area contributed by atoms with Crippen molar-refractivity contribution in [2.24, 2.45) is 0 Å². The Balaban J connectivity index is 1.64. The molecule has 6 nitrogen and oxygen atoms in total. The number of hydrogen-bond acceptors (Lipinski definition) is 4. The molecule has 0 saturated heterocycles. The molecule has 0 aliphatic carbocycles. The van der Waals surface area contributed by atoms with Crippen molar-refractivity contribution in [1.82, 2.24) is 9.78 Å². The van der Waals surface area contributed by atoms with Crippen molar-refractivity contribution in [1.29, 1.82) is 0 Å². The Hall–Kier alpha value is -3.35. The predicted octanol–water partition coefficient (Wildman–Crippen LogP) is 3.63. The van der Waals surface area contributed by atoms with Crippen molar-refractivity contribution in [2.75, 3.05) is 12.4 Å². The molecule has 7 heteroatoms. The number of aromatic nitrogens is 2. The van der Waals surface area contributed by atoms with Crippen LogP contribution >= 0.6 is 0 Å². The minimum atomic E-state index is -0.451. The number of ether oxygens (including phenoxy) is 2. The quantitative estimate of drug-likeness (QED) is 0.733. The standard InChI is InChI=1S/C19H18FN3O3/c1-13-11-14(25-2)7-8-16(13)21-19(24)17-9-10-23(22-17)12-26-18-6-4-3-5-15(18)20/h3-11H,12H2,1-2H3,(H,21,24). The predicted molar refractivity (Wildman–Crippen MR) is 94.9 cm³/mol. The van der Waals surface area contributed by atoms with E-state index in [1.54, 1.807) is 43.6 Å². The van der Waals surface area contributed by atoms with Gasteiger partial charge in [-0.05, 0) is 48.9 Å². The topological polar surface area (TPSA) is 65.4 Å². The molecule has 0 aliphatic rings. The number of nitrogens with one attached hydrogen (secondary N) is 1. The highest BCUT2D eigenvalue weighted by Crippen LogP contribution is 2.21. The molecule has 3 rings (SSSR count). The Labute approximate surface area is 150 Å². The van der Waals surface area contributed by atoms with Gasteiger partial charge in [0.25, 0.3) is 5.91 Å². The van der Waals surface area contributed by atoms with Crippen molar-refractivity contribution in [2.45, 2.75) is 13.7 Å². The highest BCUT2D eigenvalue weighted by Gasteiger charge is 2.12. The van der Waals surface area contributed by atoms with Crippen LogP contribution in [0, 0.1) is 12.7 Å². The number of carbonyl (C=O) groups excluding carboxylic acids is 1. The van der Waals surface area contributed by atoms with Crippen molar-refractivity contribution in [3.8, 4) is 11.5 Å². The van der Waals surface area contributed by atoms with E-state index >= 15 is 0 Å². The van der Waals surface area contributed by atoms with Crippen LogP contribution in [-0.4, -0.2) is 22.8 Å². The first-order valence-electron chi connectivity index (χ1n) is 7.93. The Kier molecular flexibility index (Phi) is 5.17. The van der Waals surface area contributed by atoms with Gasteiger partial charge in [-0.3, -0.25) is 4.79 Å². The van der Waals surface area contributed by atoms with Crippen molar-refractivity contribution < 1.29 is 18.7 Å². The van der Waals surface area contributed by atoms with E-state index in [1.807, 2.05) is 13.0 Å². The van der Waals surface area contributed by atoms with Gasteiger partial charge in [0.1, 0.15) is 5.75 Å². The van der Waals surface area contributed by atoms with E-state index in [4.69, 9.17) is 9.47 Å². The van der Waals surface area contributed by atoms with Crippen LogP contribution in [0.4, 0.5) is 10.1 Å². The fraction of sp³-hybridized carbons (Fsp3) is 0.158. The van der Waals surface area contributed by atoms with E-state index in [0.29, 0.717) is 5.69 Å². The van der Waals surface area contributed by atoms with Crippen molar-refractivity contribution >= 4 is 11.6 Å². The zero-order valence-electron chi connectivity index (χ0n) is 14.4. The zero-order chi connectivity index (χ0) is 18.5. The first-order valence-corrected chi connectivity index (χ1v) is 7.93. The maximum absolute atomic E-state index is 13.5. The number of anilines is 1. The minimum absolute atomic E-state index is 0.00419. The van der Waals surface area contributed by atoms with Crippen LogP contribution in [0.1, 0.15) is 16.1 Å². The summed E-state index contributed by atoms with van der Waals surface area (Å²) in [6.07, 6.45) is 1.59. The molecule has 0 bridgehead atoms. The Morgan fingerprint density at radius 1 is 1.23 bits per heavy atom. The lowest BCUT2D eigenvalue weighted by Gasteiger charge is -2.09. The van der Waals surface area contributed by atoms with Gasteiger partial charge in [0, 0.05) is 11.9 Å².